The highest BCUT2D eigenvalue weighted by Crippen LogP contribution is 2.37. The monoisotopic (exact) mass is 497 g/mol. The van der Waals surface area contributed by atoms with Gasteiger partial charge in [0.1, 0.15) is 23.9 Å². The van der Waals surface area contributed by atoms with E-state index in [1.54, 1.807) is 30.3 Å². The lowest BCUT2D eigenvalue weighted by molar-refractivity contribution is 0.0952. The number of phenolic OH excluding ortho intramolecular Hbond substituents is 2. The summed E-state index contributed by atoms with van der Waals surface area (Å²) >= 11 is 4.31. The van der Waals surface area contributed by atoms with E-state index < -0.39 is 5.91 Å². The Hall–Kier alpha value is -3.08. The molecule has 9 nitrogen and oxygen atoms in total. The molecule has 1 fully saturated rings. The fourth-order valence-electron chi connectivity index (χ4n) is 4.06. The third-order valence-electron chi connectivity index (χ3n) is 6.23. The van der Waals surface area contributed by atoms with Crippen LogP contribution in [-0.4, -0.2) is 87.1 Å². The van der Waals surface area contributed by atoms with Gasteiger partial charge >= 0.3 is 0 Å². The van der Waals surface area contributed by atoms with E-state index in [1.807, 2.05) is 13.8 Å². The molecule has 2 aromatic carbocycles. The molecule has 2 heterocycles. The Balaban J connectivity index is 1.49. The molecule has 1 aliphatic rings. The van der Waals surface area contributed by atoms with E-state index in [9.17, 15) is 15.0 Å². The topological polar surface area (TPSA) is 104 Å². The first-order chi connectivity index (χ1) is 16.7. The number of rotatable bonds is 7. The lowest BCUT2D eigenvalue weighted by atomic mass is 9.98. The van der Waals surface area contributed by atoms with Gasteiger partial charge in [0.25, 0.3) is 5.91 Å². The Morgan fingerprint density at radius 2 is 1.74 bits per heavy atom. The number of nitrogens with zero attached hydrogens (tertiary/aromatic N) is 5. The summed E-state index contributed by atoms with van der Waals surface area (Å²) < 4.78 is 7.11. The van der Waals surface area contributed by atoms with Gasteiger partial charge in [-0.25, -0.2) is 4.57 Å². The molecular formula is C25H31N5O4S. The molecule has 35 heavy (non-hydrogen) atoms. The van der Waals surface area contributed by atoms with Gasteiger partial charge in [-0.2, -0.15) is 0 Å². The summed E-state index contributed by atoms with van der Waals surface area (Å²) in [7, 11) is 2.13. The summed E-state index contributed by atoms with van der Waals surface area (Å²) in [4.78, 5) is 18.0. The molecule has 3 aromatic rings. The molecule has 2 N–H and O–H groups in total. The molecule has 4 rings (SSSR count). The molecule has 10 heteroatoms. The van der Waals surface area contributed by atoms with E-state index in [0.29, 0.717) is 23.5 Å². The number of phenols is 2. The highest BCUT2D eigenvalue weighted by Gasteiger charge is 2.23. The van der Waals surface area contributed by atoms with Crippen LogP contribution in [0.3, 0.4) is 0 Å². The Morgan fingerprint density at radius 3 is 2.40 bits per heavy atom. The molecule has 1 aliphatic heterocycles. The summed E-state index contributed by atoms with van der Waals surface area (Å²) in [5.41, 5.74) is 1.31. The van der Waals surface area contributed by atoms with Crippen molar-refractivity contribution >= 4 is 18.5 Å². The second kappa shape index (κ2) is 10.7. The fraction of sp³-hybridized carbons (Fsp3) is 0.400. The maximum absolute atomic E-state index is 13.3. The largest absolute Gasteiger partial charge is 0.508 e. The molecule has 0 bridgehead atoms. The predicted octanol–water partition coefficient (Wildman–Crippen LogP) is 3.08. The lowest BCUT2D eigenvalue weighted by Crippen LogP contribution is -2.45. The van der Waals surface area contributed by atoms with Crippen molar-refractivity contribution in [2.75, 3.05) is 46.4 Å². The van der Waals surface area contributed by atoms with Crippen LogP contribution in [0.5, 0.6) is 17.2 Å². The van der Waals surface area contributed by atoms with E-state index >= 15 is 0 Å². The normalized spacial score (nSPS) is 15.0. The minimum atomic E-state index is -0.391. The smallest absolute Gasteiger partial charge is 0.265 e. The maximum Gasteiger partial charge on any atom is 0.265 e. The van der Waals surface area contributed by atoms with Crippen LogP contribution >= 0.6 is 12.6 Å². The number of carbonyl (C=O) groups excluding carboxylic acids is 1. The van der Waals surface area contributed by atoms with Crippen LogP contribution in [0.15, 0.2) is 41.6 Å². The highest BCUT2D eigenvalue weighted by atomic mass is 32.1. The first-order valence-electron chi connectivity index (χ1n) is 11.6. The third kappa shape index (κ3) is 5.61. The standard InChI is InChI=1S/C25H31N5O4S/c1-16(2)19-14-20(22(32)15-21(19)31)23-26-27-25(35)30(23)24(33)17-4-6-18(7-5-17)34-13-12-29-10-8-28(3)9-11-29/h4-7,14-16,31-32H,8-13H2,1-3H3,(H,27,35). The third-order valence-corrected chi connectivity index (χ3v) is 6.52. The molecule has 0 saturated carbocycles. The van der Waals surface area contributed by atoms with Crippen LogP contribution in [-0.2, 0) is 0 Å². The van der Waals surface area contributed by atoms with Crippen molar-refractivity contribution in [3.63, 3.8) is 0 Å². The molecule has 0 atom stereocenters. The summed E-state index contributed by atoms with van der Waals surface area (Å²) in [5, 5.41) is 28.7. The Bertz CT molecular complexity index is 1190. The van der Waals surface area contributed by atoms with E-state index in [-0.39, 0.29) is 34.0 Å². The quantitative estimate of drug-likeness (QED) is 0.428. The number of thiol groups is 1. The molecule has 0 unspecified atom stereocenters. The average Bonchev–Trinajstić information content (AvgIpc) is 3.21. The number of ether oxygens (including phenoxy) is 1. The maximum atomic E-state index is 13.3. The fourth-order valence-corrected chi connectivity index (χ4v) is 4.29. The zero-order valence-electron chi connectivity index (χ0n) is 20.2. The van der Waals surface area contributed by atoms with Gasteiger partial charge in [-0.1, -0.05) is 13.8 Å². The molecule has 1 aromatic heterocycles. The molecule has 0 spiro atoms. The van der Waals surface area contributed by atoms with Crippen molar-refractivity contribution in [2.24, 2.45) is 0 Å². The summed E-state index contributed by atoms with van der Waals surface area (Å²) in [6.45, 7) is 9.48. The molecule has 186 valence electrons. The van der Waals surface area contributed by atoms with Gasteiger partial charge in [0.05, 0.1) is 5.56 Å². The van der Waals surface area contributed by atoms with Crippen LogP contribution in [0.4, 0.5) is 0 Å². The van der Waals surface area contributed by atoms with Crippen molar-refractivity contribution in [1.82, 2.24) is 24.6 Å². The lowest BCUT2D eigenvalue weighted by Gasteiger charge is -2.32. The number of benzene rings is 2. The van der Waals surface area contributed by atoms with Crippen LogP contribution in [0.1, 0.15) is 35.7 Å². The first-order valence-corrected chi connectivity index (χ1v) is 12.1. The molecule has 0 radical (unpaired) electrons. The molecule has 0 amide bonds. The first kappa shape index (κ1) is 25.0. The van der Waals surface area contributed by atoms with Gasteiger partial charge in [-0.3, -0.25) is 9.69 Å². The van der Waals surface area contributed by atoms with Gasteiger partial charge in [0.2, 0.25) is 0 Å². The minimum absolute atomic E-state index is 0.000640. The zero-order valence-corrected chi connectivity index (χ0v) is 21.1. The van der Waals surface area contributed by atoms with Crippen molar-refractivity contribution in [2.45, 2.75) is 24.9 Å². The second-order valence-electron chi connectivity index (χ2n) is 9.06. The second-order valence-corrected chi connectivity index (χ2v) is 9.46. The van der Waals surface area contributed by atoms with Crippen LogP contribution < -0.4 is 4.74 Å². The van der Waals surface area contributed by atoms with E-state index in [4.69, 9.17) is 4.74 Å². The number of likely N-dealkylation sites (N-methyl/N-ethyl adjacent to an activating group) is 1. The van der Waals surface area contributed by atoms with Gasteiger partial charge in [0, 0.05) is 44.4 Å². The molecule has 0 aliphatic carbocycles. The van der Waals surface area contributed by atoms with Crippen LogP contribution in [0, 0.1) is 0 Å². The van der Waals surface area contributed by atoms with Gasteiger partial charge in [-0.05, 0) is 48.9 Å². The summed E-state index contributed by atoms with van der Waals surface area (Å²) in [5.74, 6) is 0.215. The number of aromatic hydroxyl groups is 2. The van der Waals surface area contributed by atoms with Crippen LogP contribution in [0.25, 0.3) is 11.4 Å². The van der Waals surface area contributed by atoms with E-state index in [2.05, 4.69) is 39.7 Å². The highest BCUT2D eigenvalue weighted by molar-refractivity contribution is 7.80. The van der Waals surface area contributed by atoms with Crippen molar-refractivity contribution in [1.29, 1.82) is 0 Å². The number of carbonyl (C=O) groups is 1. The van der Waals surface area contributed by atoms with Gasteiger partial charge in [0.15, 0.2) is 11.0 Å². The number of aromatic nitrogens is 3. The Kier molecular flexibility index (Phi) is 7.63. The predicted molar refractivity (Wildman–Crippen MR) is 136 cm³/mol. The van der Waals surface area contributed by atoms with Crippen molar-refractivity contribution in [3.05, 3.63) is 47.5 Å². The van der Waals surface area contributed by atoms with Crippen molar-refractivity contribution < 1.29 is 19.7 Å². The molecule has 1 saturated heterocycles. The number of hydrogen-bond acceptors (Lipinski definition) is 9. The van der Waals surface area contributed by atoms with Crippen LogP contribution in [0.2, 0.25) is 0 Å². The zero-order chi connectivity index (χ0) is 25.1. The van der Waals surface area contributed by atoms with E-state index in [1.165, 1.54) is 10.6 Å². The summed E-state index contributed by atoms with van der Waals surface area (Å²) in [6, 6.07) is 9.75. The average molecular weight is 498 g/mol. The summed E-state index contributed by atoms with van der Waals surface area (Å²) in [6.07, 6.45) is 0. The Morgan fingerprint density at radius 1 is 1.06 bits per heavy atom. The van der Waals surface area contributed by atoms with Gasteiger partial charge < -0.3 is 19.8 Å². The van der Waals surface area contributed by atoms with E-state index in [0.717, 1.165) is 32.7 Å². The minimum Gasteiger partial charge on any atom is -0.508 e. The number of piperazine rings is 1. The Labute approximate surface area is 210 Å². The molecular weight excluding hydrogens is 466 g/mol. The van der Waals surface area contributed by atoms with Gasteiger partial charge in [-0.15, -0.1) is 22.8 Å². The number of hydrogen-bond donors (Lipinski definition) is 3. The van der Waals surface area contributed by atoms with Crippen molar-refractivity contribution in [3.8, 4) is 28.6 Å². The SMILES string of the molecule is CC(C)c1cc(-c2nnc(S)n2C(=O)c2ccc(OCCN3CCN(C)CC3)cc2)c(O)cc1O.